The molecule has 25 heavy (non-hydrogen) atoms. The normalized spacial score (nSPS) is 20.3. The molecule has 1 aliphatic rings. The van der Waals surface area contributed by atoms with Gasteiger partial charge in [-0.05, 0) is 26.3 Å². The first kappa shape index (κ1) is 19.4. The van der Waals surface area contributed by atoms with Gasteiger partial charge >= 0.3 is 0 Å². The van der Waals surface area contributed by atoms with E-state index in [0.717, 1.165) is 32.7 Å². The van der Waals surface area contributed by atoms with Gasteiger partial charge in [0.15, 0.2) is 6.54 Å². The number of carbonyl (C=O) groups is 2. The summed E-state index contributed by atoms with van der Waals surface area (Å²) >= 11 is 0. The lowest BCUT2D eigenvalue weighted by molar-refractivity contribution is -1.02. The molecule has 1 aliphatic heterocycles. The molecule has 6 heteroatoms. The van der Waals surface area contributed by atoms with Crippen LogP contribution in [-0.2, 0) is 16.1 Å². The summed E-state index contributed by atoms with van der Waals surface area (Å²) in [6, 6.07) is 8.64. The molecule has 138 valence electrons. The molecule has 2 amide bonds. The molecule has 0 unspecified atom stereocenters. The molecule has 0 aromatic heterocycles. The van der Waals surface area contributed by atoms with E-state index in [9.17, 15) is 9.59 Å². The maximum atomic E-state index is 12.0. The van der Waals surface area contributed by atoms with Gasteiger partial charge in [0.2, 0.25) is 5.91 Å². The fourth-order valence-corrected chi connectivity index (χ4v) is 3.23. The largest absolute Gasteiger partial charge is 0.352 e. The Hall–Kier alpha value is -1.92. The van der Waals surface area contributed by atoms with Crippen molar-refractivity contribution in [1.29, 1.82) is 0 Å². The van der Waals surface area contributed by atoms with Gasteiger partial charge in [-0.3, -0.25) is 9.59 Å². The molecule has 2 rings (SSSR count). The maximum absolute atomic E-state index is 12.0. The Morgan fingerprint density at radius 2 is 1.68 bits per heavy atom. The van der Waals surface area contributed by atoms with Crippen molar-refractivity contribution >= 4 is 11.8 Å². The van der Waals surface area contributed by atoms with Crippen LogP contribution in [0.25, 0.3) is 0 Å². The van der Waals surface area contributed by atoms with Crippen LogP contribution in [0.5, 0.6) is 0 Å². The van der Waals surface area contributed by atoms with Crippen molar-refractivity contribution in [3.63, 3.8) is 0 Å². The standard InChI is InChI=1S/C19H30N4O2/c1-15(2)21-18(24)12-20-19(25)14-23-10-8-22(9-11-23)13-17-7-5-4-6-16(17)3/h4-7,15H,8-14H2,1-3H3,(H,20,25)(H,21,24)/p+2. The zero-order chi connectivity index (χ0) is 18.2. The number of aryl methyl sites for hydroxylation is 1. The van der Waals surface area contributed by atoms with Crippen LogP contribution in [0.2, 0.25) is 0 Å². The third-order valence-corrected chi connectivity index (χ3v) is 4.67. The highest BCUT2D eigenvalue weighted by Gasteiger charge is 2.25. The van der Waals surface area contributed by atoms with Crippen molar-refractivity contribution in [1.82, 2.24) is 10.6 Å². The van der Waals surface area contributed by atoms with E-state index >= 15 is 0 Å². The minimum absolute atomic E-state index is 0.0451. The molecule has 0 atom stereocenters. The topological polar surface area (TPSA) is 67.1 Å². The van der Waals surface area contributed by atoms with Crippen LogP contribution in [0.4, 0.5) is 0 Å². The molecule has 4 N–H and O–H groups in total. The highest BCUT2D eigenvalue weighted by molar-refractivity contribution is 5.85. The monoisotopic (exact) mass is 348 g/mol. The smallest absolute Gasteiger partial charge is 0.275 e. The SMILES string of the molecule is Cc1ccccc1C[NH+]1CC[NH+](CC(=O)NCC(=O)NC(C)C)CC1. The zero-order valence-electron chi connectivity index (χ0n) is 15.7. The van der Waals surface area contributed by atoms with E-state index < -0.39 is 0 Å². The second-order valence-electron chi connectivity index (χ2n) is 7.28. The van der Waals surface area contributed by atoms with Gasteiger partial charge < -0.3 is 20.4 Å². The van der Waals surface area contributed by atoms with Gasteiger partial charge in [0, 0.05) is 11.6 Å². The Morgan fingerprint density at radius 3 is 2.32 bits per heavy atom. The molecule has 1 aromatic rings. The van der Waals surface area contributed by atoms with E-state index in [2.05, 4.69) is 41.8 Å². The molecule has 0 bridgehead atoms. The van der Waals surface area contributed by atoms with Crippen molar-refractivity contribution in [2.45, 2.75) is 33.4 Å². The van der Waals surface area contributed by atoms with Crippen LogP contribution in [-0.4, -0.2) is 57.1 Å². The number of hydrogen-bond donors (Lipinski definition) is 4. The van der Waals surface area contributed by atoms with Gasteiger partial charge in [0.1, 0.15) is 32.7 Å². The quantitative estimate of drug-likeness (QED) is 0.457. The van der Waals surface area contributed by atoms with Crippen molar-refractivity contribution in [2.24, 2.45) is 0 Å². The molecule has 0 spiro atoms. The number of amides is 2. The second-order valence-corrected chi connectivity index (χ2v) is 7.28. The molecular weight excluding hydrogens is 316 g/mol. The Bertz CT molecular complexity index is 581. The summed E-state index contributed by atoms with van der Waals surface area (Å²) in [7, 11) is 0. The maximum Gasteiger partial charge on any atom is 0.275 e. The predicted octanol–water partition coefficient (Wildman–Crippen LogP) is -2.08. The highest BCUT2D eigenvalue weighted by atomic mass is 16.2. The van der Waals surface area contributed by atoms with E-state index in [1.54, 1.807) is 4.90 Å². The first-order chi connectivity index (χ1) is 11.9. The number of rotatable bonds is 7. The lowest BCUT2D eigenvalue weighted by Gasteiger charge is -2.29. The molecular formula is C19H32N4O2+2. The summed E-state index contributed by atoms with van der Waals surface area (Å²) < 4.78 is 0. The molecule has 6 nitrogen and oxygen atoms in total. The van der Waals surface area contributed by atoms with E-state index in [1.807, 2.05) is 13.8 Å². The molecule has 0 saturated carbocycles. The zero-order valence-corrected chi connectivity index (χ0v) is 15.7. The predicted molar refractivity (Wildman–Crippen MR) is 97.4 cm³/mol. The summed E-state index contributed by atoms with van der Waals surface area (Å²) in [5.74, 6) is -0.179. The van der Waals surface area contributed by atoms with Gasteiger partial charge in [0.25, 0.3) is 5.91 Å². The Kier molecular flexibility index (Phi) is 7.40. The Labute approximate surface area is 150 Å². The number of quaternary nitrogens is 2. The number of nitrogens with one attached hydrogen (secondary N) is 4. The van der Waals surface area contributed by atoms with Gasteiger partial charge in [-0.1, -0.05) is 24.3 Å². The first-order valence-corrected chi connectivity index (χ1v) is 9.21. The fourth-order valence-electron chi connectivity index (χ4n) is 3.23. The van der Waals surface area contributed by atoms with Crippen LogP contribution < -0.4 is 20.4 Å². The third kappa shape index (κ3) is 6.84. The Morgan fingerprint density at radius 1 is 1.04 bits per heavy atom. The summed E-state index contributed by atoms with van der Waals surface area (Å²) in [5.41, 5.74) is 2.76. The minimum Gasteiger partial charge on any atom is -0.352 e. The van der Waals surface area contributed by atoms with Crippen LogP contribution >= 0.6 is 0 Å². The number of hydrogen-bond acceptors (Lipinski definition) is 2. The fraction of sp³-hybridized carbons (Fsp3) is 0.579. The Balaban J connectivity index is 1.67. The van der Waals surface area contributed by atoms with Crippen molar-refractivity contribution in [2.75, 3.05) is 39.3 Å². The molecule has 1 aromatic carbocycles. The molecule has 1 fully saturated rings. The lowest BCUT2D eigenvalue weighted by Crippen LogP contribution is -3.28. The average molecular weight is 348 g/mol. The molecule has 0 radical (unpaired) electrons. The van der Waals surface area contributed by atoms with E-state index in [-0.39, 0.29) is 24.4 Å². The molecule has 0 aliphatic carbocycles. The van der Waals surface area contributed by atoms with Gasteiger partial charge in [0.05, 0.1) is 6.54 Å². The van der Waals surface area contributed by atoms with Crippen LogP contribution in [0.3, 0.4) is 0 Å². The van der Waals surface area contributed by atoms with Gasteiger partial charge in [-0.2, -0.15) is 0 Å². The average Bonchev–Trinajstić information content (AvgIpc) is 2.56. The second kappa shape index (κ2) is 9.53. The first-order valence-electron chi connectivity index (χ1n) is 9.21. The van der Waals surface area contributed by atoms with E-state index in [0.29, 0.717) is 6.54 Å². The van der Waals surface area contributed by atoms with Crippen LogP contribution in [0, 0.1) is 6.92 Å². The van der Waals surface area contributed by atoms with Gasteiger partial charge in [-0.25, -0.2) is 0 Å². The van der Waals surface area contributed by atoms with E-state index in [4.69, 9.17) is 0 Å². The number of piperazine rings is 1. The van der Waals surface area contributed by atoms with Crippen LogP contribution in [0.1, 0.15) is 25.0 Å². The molecule has 1 saturated heterocycles. The minimum atomic E-state index is -0.133. The van der Waals surface area contributed by atoms with Gasteiger partial charge in [-0.15, -0.1) is 0 Å². The highest BCUT2D eigenvalue weighted by Crippen LogP contribution is 2.04. The number of benzene rings is 1. The van der Waals surface area contributed by atoms with Crippen molar-refractivity contribution in [3.8, 4) is 0 Å². The number of carbonyl (C=O) groups excluding carboxylic acids is 2. The summed E-state index contributed by atoms with van der Waals surface area (Å²) in [4.78, 5) is 26.4. The molecule has 1 heterocycles. The van der Waals surface area contributed by atoms with Crippen molar-refractivity contribution < 1.29 is 19.4 Å². The summed E-state index contributed by atoms with van der Waals surface area (Å²) in [6.45, 7) is 11.7. The summed E-state index contributed by atoms with van der Waals surface area (Å²) in [6.07, 6.45) is 0. The van der Waals surface area contributed by atoms with E-state index in [1.165, 1.54) is 16.0 Å². The van der Waals surface area contributed by atoms with Crippen LogP contribution in [0.15, 0.2) is 24.3 Å². The summed E-state index contributed by atoms with van der Waals surface area (Å²) in [5, 5.41) is 5.49. The lowest BCUT2D eigenvalue weighted by atomic mass is 10.1. The third-order valence-electron chi connectivity index (χ3n) is 4.67. The van der Waals surface area contributed by atoms with Crippen molar-refractivity contribution in [3.05, 3.63) is 35.4 Å².